The van der Waals surface area contributed by atoms with Crippen molar-refractivity contribution in [2.24, 2.45) is 17.3 Å². The number of hydrogen-bond acceptors (Lipinski definition) is 6. The summed E-state index contributed by atoms with van der Waals surface area (Å²) in [5.41, 5.74) is -0.873. The van der Waals surface area contributed by atoms with Gasteiger partial charge in [0.25, 0.3) is 0 Å². The number of methoxy groups -OCH3 is 1. The summed E-state index contributed by atoms with van der Waals surface area (Å²) in [7, 11) is 1.36. The van der Waals surface area contributed by atoms with Crippen molar-refractivity contribution in [3.05, 3.63) is 46.3 Å². The molecule has 1 heterocycles. The van der Waals surface area contributed by atoms with Crippen LogP contribution in [0.2, 0.25) is 5.02 Å². The van der Waals surface area contributed by atoms with Gasteiger partial charge in [0.05, 0.1) is 29.8 Å². The quantitative estimate of drug-likeness (QED) is 0.203. The number of aryl methyl sites for hydroxylation is 1. The largest absolute Gasteiger partial charge is 0.469 e. The predicted octanol–water partition coefficient (Wildman–Crippen LogP) is 5.34. The maximum atomic E-state index is 13.0. The molecule has 2 aromatic rings. The normalized spacial score (nSPS) is 22.3. The lowest BCUT2D eigenvalue weighted by Gasteiger charge is -2.22. The molecule has 0 bridgehead atoms. The first-order valence-electron chi connectivity index (χ1n) is 11.9. The number of unbranched alkanes of at least 4 members (excludes halogenated alkanes) is 1. The van der Waals surface area contributed by atoms with E-state index in [2.05, 4.69) is 16.6 Å². The smallest absolute Gasteiger partial charge is 0.305 e. The van der Waals surface area contributed by atoms with Crippen molar-refractivity contribution in [3.8, 4) is 11.8 Å². The van der Waals surface area contributed by atoms with Gasteiger partial charge in [0.2, 0.25) is 0 Å². The number of halogens is 1. The fourth-order valence-corrected chi connectivity index (χ4v) is 6.06. The molecule has 1 aromatic carbocycles. The van der Waals surface area contributed by atoms with Crippen LogP contribution in [0.25, 0.3) is 10.1 Å². The van der Waals surface area contributed by atoms with Crippen LogP contribution >= 0.6 is 22.9 Å². The van der Waals surface area contributed by atoms with Crippen LogP contribution in [0.1, 0.15) is 50.8 Å². The number of carbonyl (C=O) groups excluding carboxylic acids is 2. The third-order valence-electron chi connectivity index (χ3n) is 6.72. The van der Waals surface area contributed by atoms with E-state index in [0.29, 0.717) is 38.5 Å². The number of benzene rings is 1. The number of thiophene rings is 1. The fourth-order valence-electron chi connectivity index (χ4n) is 4.52. The first-order valence-corrected chi connectivity index (χ1v) is 13.1. The third kappa shape index (κ3) is 6.54. The van der Waals surface area contributed by atoms with Gasteiger partial charge in [0, 0.05) is 46.1 Å². The molecule has 0 aliphatic heterocycles. The van der Waals surface area contributed by atoms with E-state index in [0.717, 1.165) is 20.0 Å². The van der Waals surface area contributed by atoms with E-state index >= 15 is 0 Å². The van der Waals surface area contributed by atoms with Crippen LogP contribution in [-0.4, -0.2) is 41.3 Å². The topological polar surface area (TPSA) is 83.8 Å². The van der Waals surface area contributed by atoms with Crippen molar-refractivity contribution in [2.75, 3.05) is 7.11 Å². The van der Waals surface area contributed by atoms with Crippen LogP contribution in [0, 0.1) is 29.1 Å². The summed E-state index contributed by atoms with van der Waals surface area (Å²) in [6.07, 6.45) is 4.82. The zero-order valence-electron chi connectivity index (χ0n) is 20.4. The second-order valence-corrected chi connectivity index (χ2v) is 11.0. The monoisotopic (exact) mass is 516 g/mol. The Bertz CT molecular complexity index is 1140. The Morgan fingerprint density at radius 2 is 2.06 bits per heavy atom. The van der Waals surface area contributed by atoms with E-state index in [1.165, 1.54) is 7.11 Å². The van der Waals surface area contributed by atoms with E-state index in [1.807, 2.05) is 24.3 Å². The van der Waals surface area contributed by atoms with Crippen molar-refractivity contribution in [1.29, 1.82) is 0 Å². The molecule has 4 atom stereocenters. The van der Waals surface area contributed by atoms with Gasteiger partial charge in [-0.25, -0.2) is 0 Å². The second-order valence-electron chi connectivity index (χ2n) is 9.53. The van der Waals surface area contributed by atoms with Crippen molar-refractivity contribution in [1.82, 2.24) is 0 Å². The molecule has 1 aromatic heterocycles. The van der Waals surface area contributed by atoms with E-state index in [1.54, 1.807) is 37.3 Å². The van der Waals surface area contributed by atoms with Crippen molar-refractivity contribution in [3.63, 3.8) is 0 Å². The van der Waals surface area contributed by atoms with E-state index in [-0.39, 0.29) is 11.8 Å². The lowest BCUT2D eigenvalue weighted by atomic mass is 9.86. The van der Waals surface area contributed by atoms with E-state index in [9.17, 15) is 19.8 Å². The minimum atomic E-state index is -0.873. The Hall–Kier alpha value is -2.17. The van der Waals surface area contributed by atoms with Gasteiger partial charge in [-0.1, -0.05) is 55.8 Å². The van der Waals surface area contributed by atoms with Crippen molar-refractivity contribution >= 4 is 44.8 Å². The summed E-state index contributed by atoms with van der Waals surface area (Å²) in [4.78, 5) is 25.2. The number of Topliss-reactive ketones (excluding diaryl/α,β-unsaturated/α-hetero) is 1. The Morgan fingerprint density at radius 1 is 1.31 bits per heavy atom. The number of carbonyl (C=O) groups is 2. The predicted molar refractivity (Wildman–Crippen MR) is 140 cm³/mol. The molecule has 5 nitrogen and oxygen atoms in total. The molecule has 0 radical (unpaired) electrons. The summed E-state index contributed by atoms with van der Waals surface area (Å²) >= 11 is 8.15. The Kier molecular flexibility index (Phi) is 9.54. The summed E-state index contributed by atoms with van der Waals surface area (Å²) < 4.78 is 5.74. The van der Waals surface area contributed by atoms with Gasteiger partial charge in [0.15, 0.2) is 0 Å². The number of aliphatic hydroxyl groups excluding tert-OH is 2. The lowest BCUT2D eigenvalue weighted by Crippen LogP contribution is -2.31. The van der Waals surface area contributed by atoms with Crippen LogP contribution in [0.4, 0.5) is 0 Å². The molecule has 2 N–H and O–H groups in total. The van der Waals surface area contributed by atoms with Crippen LogP contribution < -0.4 is 0 Å². The summed E-state index contributed by atoms with van der Waals surface area (Å²) in [5.74, 6) is 4.93. The summed E-state index contributed by atoms with van der Waals surface area (Å²) in [6.45, 7) is 3.51. The van der Waals surface area contributed by atoms with Crippen molar-refractivity contribution < 1.29 is 24.5 Å². The van der Waals surface area contributed by atoms with Gasteiger partial charge in [-0.15, -0.1) is 23.2 Å². The van der Waals surface area contributed by atoms with Gasteiger partial charge >= 0.3 is 5.97 Å². The first-order chi connectivity index (χ1) is 16.7. The standard InChI is InChI=1S/C28H33ClO5S/c1-28(2)26(32)19(10-6-4-5-7-13-24(31)34-3)20(27(28)33)16-14-18(30)15-17-23-25(29)21-11-8-9-12-22(21)35-23/h8-9,11-12,14,16,18-20,27,30,33H,5,7,10,13,15,17H2,1-3H3. The minimum Gasteiger partial charge on any atom is -0.469 e. The van der Waals surface area contributed by atoms with Crippen molar-refractivity contribution in [2.45, 2.75) is 64.6 Å². The molecule has 0 saturated heterocycles. The Balaban J connectivity index is 1.60. The highest BCUT2D eigenvalue weighted by molar-refractivity contribution is 7.19. The van der Waals surface area contributed by atoms with Crippen LogP contribution in [0.5, 0.6) is 0 Å². The molecular weight excluding hydrogens is 484 g/mol. The molecule has 0 spiro atoms. The van der Waals surface area contributed by atoms with E-state index < -0.39 is 29.5 Å². The van der Waals surface area contributed by atoms with Crippen LogP contribution in [-0.2, 0) is 20.7 Å². The molecule has 1 saturated carbocycles. The maximum absolute atomic E-state index is 13.0. The second kappa shape index (κ2) is 12.2. The average molecular weight is 517 g/mol. The number of esters is 1. The molecule has 4 unspecified atom stereocenters. The molecule has 1 aliphatic carbocycles. The van der Waals surface area contributed by atoms with Crippen LogP contribution in [0.3, 0.4) is 0 Å². The highest BCUT2D eigenvalue weighted by atomic mass is 35.5. The molecule has 1 aliphatic rings. The minimum absolute atomic E-state index is 0.0185. The molecule has 35 heavy (non-hydrogen) atoms. The molecule has 0 amide bonds. The number of fused-ring (bicyclic) bond motifs is 1. The number of ether oxygens (including phenoxy) is 1. The van der Waals surface area contributed by atoms with Crippen LogP contribution in [0.15, 0.2) is 36.4 Å². The zero-order chi connectivity index (χ0) is 25.6. The molecule has 7 heteroatoms. The highest BCUT2D eigenvalue weighted by Gasteiger charge is 2.53. The summed E-state index contributed by atoms with van der Waals surface area (Å²) in [6, 6.07) is 7.97. The molecule has 1 fully saturated rings. The number of aliphatic hydroxyl groups is 2. The van der Waals surface area contributed by atoms with Gasteiger partial charge in [0.1, 0.15) is 5.78 Å². The maximum Gasteiger partial charge on any atom is 0.305 e. The number of ketones is 1. The fraction of sp³-hybridized carbons (Fsp3) is 0.500. The van der Waals surface area contributed by atoms with E-state index in [4.69, 9.17) is 11.6 Å². The average Bonchev–Trinajstić information content (AvgIpc) is 3.25. The third-order valence-corrected chi connectivity index (χ3v) is 8.50. The molecule has 188 valence electrons. The zero-order valence-corrected chi connectivity index (χ0v) is 22.0. The van der Waals surface area contributed by atoms with Gasteiger partial charge < -0.3 is 14.9 Å². The SMILES string of the molecule is COC(=O)CCCC#CCC1C(=O)C(C)(C)C(O)C1C=CC(O)CCc1sc2ccccc2c1Cl. The summed E-state index contributed by atoms with van der Waals surface area (Å²) in [5, 5.41) is 23.2. The molecule has 3 rings (SSSR count). The number of hydrogen-bond donors (Lipinski definition) is 2. The van der Waals surface area contributed by atoms with Gasteiger partial charge in [-0.05, 0) is 25.3 Å². The van der Waals surface area contributed by atoms with Gasteiger partial charge in [-0.3, -0.25) is 9.59 Å². The first kappa shape index (κ1) is 27.4. The number of rotatable bonds is 9. The Morgan fingerprint density at radius 3 is 2.77 bits per heavy atom. The Labute approximate surface area is 216 Å². The highest BCUT2D eigenvalue weighted by Crippen LogP contribution is 2.44. The molecular formula is C28H33ClO5S. The van der Waals surface area contributed by atoms with Gasteiger partial charge in [-0.2, -0.15) is 0 Å². The lowest BCUT2D eigenvalue weighted by molar-refractivity contribution is -0.140.